The highest BCUT2D eigenvalue weighted by molar-refractivity contribution is 7.91. The van der Waals surface area contributed by atoms with Crippen LogP contribution in [-0.2, 0) is 14.6 Å². The third-order valence-corrected chi connectivity index (χ3v) is 5.29. The average Bonchev–Trinajstić information content (AvgIpc) is 2.46. The Labute approximate surface area is 133 Å². The predicted molar refractivity (Wildman–Crippen MR) is 86.7 cm³/mol. The van der Waals surface area contributed by atoms with E-state index in [1.165, 1.54) is 19.2 Å². The lowest BCUT2D eigenvalue weighted by Crippen LogP contribution is -2.34. The number of carbonyl (C=O) groups excluding carboxylic acids is 1. The van der Waals surface area contributed by atoms with E-state index >= 15 is 0 Å². The molecule has 1 N–H and O–H groups in total. The van der Waals surface area contributed by atoms with Crippen molar-refractivity contribution in [1.82, 2.24) is 5.32 Å². The lowest BCUT2D eigenvalue weighted by molar-refractivity contribution is -0.123. The zero-order valence-electron chi connectivity index (χ0n) is 13.6. The lowest BCUT2D eigenvalue weighted by Gasteiger charge is -2.13. The van der Waals surface area contributed by atoms with Crippen molar-refractivity contribution in [1.29, 1.82) is 0 Å². The van der Waals surface area contributed by atoms with E-state index in [4.69, 9.17) is 4.74 Å². The molecule has 5 nitrogen and oxygen atoms in total. The van der Waals surface area contributed by atoms with Crippen LogP contribution in [0, 0.1) is 11.8 Å². The molecule has 1 rings (SSSR count). The van der Waals surface area contributed by atoms with Gasteiger partial charge < -0.3 is 10.1 Å². The number of carbonyl (C=O) groups is 1. The van der Waals surface area contributed by atoms with Gasteiger partial charge in [-0.05, 0) is 36.6 Å². The van der Waals surface area contributed by atoms with Crippen molar-refractivity contribution < 1.29 is 17.9 Å². The lowest BCUT2D eigenvalue weighted by atomic mass is 10.1. The SMILES string of the molecule is COc1ccc(S(=O)(=O)C[C@@H](C)C(=O)NCCC(C)C)cc1. The second-order valence-corrected chi connectivity index (χ2v) is 7.87. The predicted octanol–water partition coefficient (Wildman–Crippen LogP) is 2.27. The second-order valence-electron chi connectivity index (χ2n) is 5.83. The molecule has 0 aliphatic heterocycles. The molecule has 0 unspecified atom stereocenters. The fourth-order valence-corrected chi connectivity index (χ4v) is 3.50. The smallest absolute Gasteiger partial charge is 0.223 e. The highest BCUT2D eigenvalue weighted by Gasteiger charge is 2.23. The molecule has 0 fully saturated rings. The van der Waals surface area contributed by atoms with Crippen molar-refractivity contribution in [2.24, 2.45) is 11.8 Å². The second kappa shape index (κ2) is 8.17. The number of rotatable bonds is 8. The minimum Gasteiger partial charge on any atom is -0.497 e. The third kappa shape index (κ3) is 5.67. The molecular weight excluding hydrogens is 302 g/mol. The largest absolute Gasteiger partial charge is 0.497 e. The molecule has 22 heavy (non-hydrogen) atoms. The summed E-state index contributed by atoms with van der Waals surface area (Å²) in [5.41, 5.74) is 0. The zero-order chi connectivity index (χ0) is 16.8. The Morgan fingerprint density at radius 1 is 1.18 bits per heavy atom. The van der Waals surface area contributed by atoms with Crippen molar-refractivity contribution in [3.05, 3.63) is 24.3 Å². The van der Waals surface area contributed by atoms with E-state index in [9.17, 15) is 13.2 Å². The Morgan fingerprint density at radius 3 is 2.27 bits per heavy atom. The quantitative estimate of drug-likeness (QED) is 0.795. The van der Waals surface area contributed by atoms with Gasteiger partial charge in [-0.25, -0.2) is 8.42 Å². The van der Waals surface area contributed by atoms with Gasteiger partial charge in [-0.2, -0.15) is 0 Å². The van der Waals surface area contributed by atoms with Gasteiger partial charge in [0.25, 0.3) is 0 Å². The van der Waals surface area contributed by atoms with Crippen molar-refractivity contribution >= 4 is 15.7 Å². The monoisotopic (exact) mass is 327 g/mol. The van der Waals surface area contributed by atoms with Crippen molar-refractivity contribution in [3.63, 3.8) is 0 Å². The summed E-state index contributed by atoms with van der Waals surface area (Å²) >= 11 is 0. The Balaban J connectivity index is 2.64. The summed E-state index contributed by atoms with van der Waals surface area (Å²) in [6.45, 7) is 6.35. The first-order valence-electron chi connectivity index (χ1n) is 7.40. The van der Waals surface area contributed by atoms with E-state index in [-0.39, 0.29) is 16.6 Å². The highest BCUT2D eigenvalue weighted by atomic mass is 32.2. The van der Waals surface area contributed by atoms with Crippen LogP contribution in [0.3, 0.4) is 0 Å². The Kier molecular flexibility index (Phi) is 6.87. The van der Waals surface area contributed by atoms with E-state index in [1.807, 2.05) is 0 Å². The summed E-state index contributed by atoms with van der Waals surface area (Å²) in [6.07, 6.45) is 0.879. The van der Waals surface area contributed by atoms with Crippen LogP contribution in [0.2, 0.25) is 0 Å². The maximum atomic E-state index is 12.3. The number of hydrogen-bond acceptors (Lipinski definition) is 4. The summed E-state index contributed by atoms with van der Waals surface area (Å²) in [5.74, 6) is 0.0846. The summed E-state index contributed by atoms with van der Waals surface area (Å²) in [7, 11) is -1.97. The third-order valence-electron chi connectivity index (χ3n) is 3.36. The maximum Gasteiger partial charge on any atom is 0.223 e. The molecule has 1 aromatic carbocycles. The number of amides is 1. The number of ether oxygens (including phenoxy) is 1. The van der Waals surface area contributed by atoms with Gasteiger partial charge in [0.2, 0.25) is 5.91 Å². The van der Waals surface area contributed by atoms with Crippen LogP contribution < -0.4 is 10.1 Å². The van der Waals surface area contributed by atoms with Crippen LogP contribution in [0.1, 0.15) is 27.2 Å². The van der Waals surface area contributed by atoms with E-state index in [1.54, 1.807) is 19.1 Å². The standard InChI is InChI=1S/C16H25NO4S/c1-12(2)9-10-17-16(18)13(3)11-22(19,20)15-7-5-14(21-4)6-8-15/h5-8,12-13H,9-11H2,1-4H3,(H,17,18)/t13-/m1/s1. The Bertz CT molecular complexity index is 579. The molecule has 0 bridgehead atoms. The van der Waals surface area contributed by atoms with Crippen molar-refractivity contribution in [2.45, 2.75) is 32.1 Å². The summed E-state index contributed by atoms with van der Waals surface area (Å²) in [6, 6.07) is 6.19. The molecule has 0 aromatic heterocycles. The van der Waals surface area contributed by atoms with Crippen LogP contribution in [0.25, 0.3) is 0 Å². The number of sulfone groups is 1. The number of nitrogens with one attached hydrogen (secondary N) is 1. The molecule has 1 aromatic rings. The molecule has 124 valence electrons. The summed E-state index contributed by atoms with van der Waals surface area (Å²) < 4.78 is 29.6. The fourth-order valence-electron chi connectivity index (χ4n) is 1.94. The van der Waals surface area contributed by atoms with E-state index in [0.29, 0.717) is 18.2 Å². The molecule has 0 spiro atoms. The molecule has 0 saturated heterocycles. The van der Waals surface area contributed by atoms with Crippen LogP contribution in [0.4, 0.5) is 0 Å². The average molecular weight is 327 g/mol. The first kappa shape index (κ1) is 18.5. The molecule has 0 aliphatic rings. The molecule has 1 amide bonds. The molecule has 0 radical (unpaired) electrons. The first-order valence-corrected chi connectivity index (χ1v) is 9.06. The maximum absolute atomic E-state index is 12.3. The van der Waals surface area contributed by atoms with Gasteiger partial charge in [-0.3, -0.25) is 4.79 Å². The highest BCUT2D eigenvalue weighted by Crippen LogP contribution is 2.18. The van der Waals surface area contributed by atoms with E-state index in [2.05, 4.69) is 19.2 Å². The van der Waals surface area contributed by atoms with Crippen molar-refractivity contribution in [2.75, 3.05) is 19.4 Å². The van der Waals surface area contributed by atoms with E-state index < -0.39 is 15.8 Å². The van der Waals surface area contributed by atoms with Gasteiger partial charge in [0.1, 0.15) is 5.75 Å². The van der Waals surface area contributed by atoms with Gasteiger partial charge in [-0.1, -0.05) is 20.8 Å². The molecular formula is C16H25NO4S. The molecule has 0 saturated carbocycles. The van der Waals surface area contributed by atoms with Gasteiger partial charge in [0, 0.05) is 12.5 Å². The Morgan fingerprint density at radius 2 is 1.77 bits per heavy atom. The van der Waals surface area contributed by atoms with Crippen molar-refractivity contribution in [3.8, 4) is 5.75 Å². The normalized spacial score (nSPS) is 13.0. The minimum absolute atomic E-state index is 0.202. The fraction of sp³-hybridized carbons (Fsp3) is 0.562. The Hall–Kier alpha value is -1.56. The van der Waals surface area contributed by atoms with Crippen LogP contribution >= 0.6 is 0 Å². The molecule has 6 heteroatoms. The molecule has 0 heterocycles. The van der Waals surface area contributed by atoms with Gasteiger partial charge in [0.15, 0.2) is 9.84 Å². The zero-order valence-corrected chi connectivity index (χ0v) is 14.4. The topological polar surface area (TPSA) is 72.5 Å². The number of hydrogen-bond donors (Lipinski definition) is 1. The van der Waals surface area contributed by atoms with Gasteiger partial charge >= 0.3 is 0 Å². The number of benzene rings is 1. The number of methoxy groups -OCH3 is 1. The van der Waals surface area contributed by atoms with Crippen LogP contribution in [-0.4, -0.2) is 33.7 Å². The summed E-state index contributed by atoms with van der Waals surface area (Å²) in [4.78, 5) is 12.1. The first-order chi connectivity index (χ1) is 10.3. The summed E-state index contributed by atoms with van der Waals surface area (Å²) in [5, 5.41) is 2.78. The molecule has 1 atom stereocenters. The van der Waals surface area contributed by atoms with Gasteiger partial charge in [-0.15, -0.1) is 0 Å². The minimum atomic E-state index is -3.49. The van der Waals surface area contributed by atoms with E-state index in [0.717, 1.165) is 6.42 Å². The van der Waals surface area contributed by atoms with Crippen LogP contribution in [0.5, 0.6) is 5.75 Å². The van der Waals surface area contributed by atoms with Gasteiger partial charge in [0.05, 0.1) is 17.8 Å². The molecule has 0 aliphatic carbocycles. The van der Waals surface area contributed by atoms with Crippen LogP contribution in [0.15, 0.2) is 29.2 Å².